The Morgan fingerprint density at radius 2 is 1.50 bits per heavy atom. The molecule has 14 heavy (non-hydrogen) atoms. The van der Waals surface area contributed by atoms with Gasteiger partial charge in [0, 0.05) is 0 Å². The largest absolute Gasteiger partial charge is 1.00 e. The zero-order valence-corrected chi connectivity index (χ0v) is 10.0. The van der Waals surface area contributed by atoms with Crippen LogP contribution in [-0.2, 0) is 10.1 Å². The zero-order valence-electron chi connectivity index (χ0n) is 7.96. The van der Waals surface area contributed by atoms with Crippen molar-refractivity contribution < 1.29 is 33.3 Å². The second kappa shape index (κ2) is 5.09. The molecule has 0 aliphatic carbocycles. The van der Waals surface area contributed by atoms with Crippen molar-refractivity contribution in [3.63, 3.8) is 0 Å². The summed E-state index contributed by atoms with van der Waals surface area (Å²) in [6.07, 6.45) is 0. The fourth-order valence-electron chi connectivity index (χ4n) is 0.702. The quantitative estimate of drug-likeness (QED) is 0.444. The third-order valence-electron chi connectivity index (χ3n) is 1.25. The molecule has 0 saturated carbocycles. The van der Waals surface area contributed by atoms with Gasteiger partial charge in [-0.3, -0.25) is 4.55 Å². The normalized spacial score (nSPS) is 10.9. The molecule has 0 aliphatic rings. The van der Waals surface area contributed by atoms with E-state index in [2.05, 4.69) is 0 Å². The van der Waals surface area contributed by atoms with Crippen LogP contribution in [0.1, 0.15) is 1.43 Å². The average Bonchev–Trinajstić information content (AvgIpc) is 1.94. The molecule has 0 radical (unpaired) electrons. The molecule has 1 N–H and O–H groups in total. The first-order valence-corrected chi connectivity index (χ1v) is 5.52. The van der Waals surface area contributed by atoms with Crippen molar-refractivity contribution in [3.8, 4) is 0 Å². The van der Waals surface area contributed by atoms with Gasteiger partial charge in [0.25, 0.3) is 10.1 Å². The molecule has 0 spiro atoms. The minimum atomic E-state index is -4.35. The number of benzene rings is 1. The van der Waals surface area contributed by atoms with Crippen molar-refractivity contribution in [2.45, 2.75) is 4.90 Å². The first-order chi connectivity index (χ1) is 5.82. The Morgan fingerprint density at radius 1 is 1.07 bits per heavy atom. The van der Waals surface area contributed by atoms with E-state index in [1.165, 1.54) is 0 Å². The fourth-order valence-corrected chi connectivity index (χ4v) is 2.18. The summed E-state index contributed by atoms with van der Waals surface area (Å²) in [6.45, 7) is 0. The maximum Gasteiger partial charge on any atom is 1.00 e. The monoisotopic (exact) mass is 268 g/mol. The molecular weight excluding hydrogens is 265 g/mol. The third kappa shape index (κ3) is 3.32. The smallest absolute Gasteiger partial charge is 1.00 e. The Labute approximate surface area is 110 Å². The van der Waals surface area contributed by atoms with Gasteiger partial charge in [-0.25, -0.2) is 0 Å². The van der Waals surface area contributed by atoms with Gasteiger partial charge in [0.1, 0.15) is 4.90 Å². The number of hydrogen-bond donors (Lipinski definition) is 1. The van der Waals surface area contributed by atoms with Gasteiger partial charge in [0.2, 0.25) is 0 Å². The van der Waals surface area contributed by atoms with Crippen LogP contribution in [-0.4, -0.2) is 13.0 Å². The van der Waals surface area contributed by atoms with Gasteiger partial charge >= 0.3 is 18.9 Å². The van der Waals surface area contributed by atoms with Crippen molar-refractivity contribution in [1.29, 1.82) is 0 Å². The summed E-state index contributed by atoms with van der Waals surface area (Å²) in [5.74, 6) is 0. The molecular formula is C6H4Cl3LiO3S. The van der Waals surface area contributed by atoms with Crippen molar-refractivity contribution in [2.75, 3.05) is 0 Å². The molecule has 1 rings (SSSR count). The van der Waals surface area contributed by atoms with E-state index in [9.17, 15) is 8.42 Å². The fraction of sp³-hybridized carbons (Fsp3) is 0. The van der Waals surface area contributed by atoms with Crippen molar-refractivity contribution >= 4 is 44.9 Å². The summed E-state index contributed by atoms with van der Waals surface area (Å²) in [4.78, 5) is -0.455. The summed E-state index contributed by atoms with van der Waals surface area (Å²) in [5.41, 5.74) is 0. The minimum Gasteiger partial charge on any atom is -1.00 e. The van der Waals surface area contributed by atoms with Gasteiger partial charge in [-0.05, 0) is 12.1 Å². The Bertz CT molecular complexity index is 451. The molecule has 0 unspecified atom stereocenters. The van der Waals surface area contributed by atoms with Crippen LogP contribution in [0, 0.1) is 0 Å². The molecule has 0 fully saturated rings. The van der Waals surface area contributed by atoms with Gasteiger partial charge in [-0.15, -0.1) is 0 Å². The molecule has 0 atom stereocenters. The van der Waals surface area contributed by atoms with Crippen molar-refractivity contribution in [3.05, 3.63) is 27.2 Å². The van der Waals surface area contributed by atoms with Crippen LogP contribution in [0.4, 0.5) is 0 Å². The topological polar surface area (TPSA) is 54.4 Å². The number of halogens is 3. The molecule has 8 heteroatoms. The van der Waals surface area contributed by atoms with E-state index < -0.39 is 15.0 Å². The maximum atomic E-state index is 10.7. The predicted octanol–water partition coefficient (Wildman–Crippen LogP) is 0.01000. The van der Waals surface area contributed by atoms with Gasteiger partial charge < -0.3 is 1.43 Å². The van der Waals surface area contributed by atoms with E-state index in [4.69, 9.17) is 39.4 Å². The maximum absolute atomic E-state index is 10.7. The van der Waals surface area contributed by atoms with E-state index in [0.29, 0.717) is 0 Å². The molecule has 1 aromatic rings. The predicted molar refractivity (Wildman–Crippen MR) is 52.4 cm³/mol. The van der Waals surface area contributed by atoms with E-state index >= 15 is 0 Å². The third-order valence-corrected chi connectivity index (χ3v) is 3.29. The average molecular weight is 269 g/mol. The van der Waals surface area contributed by atoms with Crippen LogP contribution in [0.15, 0.2) is 17.0 Å². The van der Waals surface area contributed by atoms with Gasteiger partial charge in [0.05, 0.1) is 15.1 Å². The van der Waals surface area contributed by atoms with Gasteiger partial charge in [0.15, 0.2) is 0 Å². The molecule has 0 saturated heterocycles. The molecule has 0 aromatic heterocycles. The molecule has 74 valence electrons. The Kier molecular flexibility index (Phi) is 5.30. The summed E-state index contributed by atoms with van der Waals surface area (Å²) >= 11 is 16.6. The second-order valence-electron chi connectivity index (χ2n) is 2.17. The van der Waals surface area contributed by atoms with Crippen LogP contribution >= 0.6 is 34.8 Å². The molecule has 0 bridgehead atoms. The Hall–Kier alpha value is 0.597. The van der Waals surface area contributed by atoms with Crippen LogP contribution in [0.2, 0.25) is 15.1 Å². The second-order valence-corrected chi connectivity index (χ2v) is 4.78. The molecule has 0 aliphatic heterocycles. The molecule has 0 heterocycles. The van der Waals surface area contributed by atoms with Crippen molar-refractivity contribution in [2.24, 2.45) is 0 Å². The van der Waals surface area contributed by atoms with Crippen LogP contribution in [0.25, 0.3) is 0 Å². The van der Waals surface area contributed by atoms with Gasteiger partial charge in [-0.2, -0.15) is 8.42 Å². The van der Waals surface area contributed by atoms with E-state index in [1.54, 1.807) is 0 Å². The van der Waals surface area contributed by atoms with Crippen LogP contribution < -0.4 is 18.9 Å². The molecule has 3 nitrogen and oxygen atoms in total. The Morgan fingerprint density at radius 3 is 1.93 bits per heavy atom. The number of rotatable bonds is 1. The van der Waals surface area contributed by atoms with E-state index in [0.717, 1.165) is 12.1 Å². The Balaban J connectivity index is 0. The summed E-state index contributed by atoms with van der Waals surface area (Å²) in [5, 5.41) is -0.0327. The van der Waals surface area contributed by atoms with Crippen molar-refractivity contribution in [1.82, 2.24) is 0 Å². The van der Waals surface area contributed by atoms with Gasteiger partial charge in [-0.1, -0.05) is 34.8 Å². The SMILES string of the molecule is O=S(=O)(O)c1cc(Cl)c(Cl)cc1Cl.[H-].[Li+]. The summed E-state index contributed by atoms with van der Waals surface area (Å²) in [7, 11) is -4.35. The minimum absolute atomic E-state index is 0. The van der Waals surface area contributed by atoms with E-state index in [1.807, 2.05) is 0 Å². The summed E-state index contributed by atoms with van der Waals surface area (Å²) < 4.78 is 30.0. The van der Waals surface area contributed by atoms with Crippen LogP contribution in [0.5, 0.6) is 0 Å². The molecule has 0 amide bonds. The number of hydrogen-bond acceptors (Lipinski definition) is 2. The summed E-state index contributed by atoms with van der Waals surface area (Å²) in [6, 6.07) is 2.14. The first-order valence-electron chi connectivity index (χ1n) is 2.94. The molecule has 1 aromatic carbocycles. The van der Waals surface area contributed by atoms with E-state index in [-0.39, 0.29) is 35.4 Å². The standard InChI is InChI=1S/C6H3Cl3O3S.Li.H/c7-3-1-5(9)6(2-4(3)8)13(10,11)12;;/h1-2H,(H,10,11,12);;/q;+1;-1. The van der Waals surface area contributed by atoms with Crippen LogP contribution in [0.3, 0.4) is 0 Å². The zero-order chi connectivity index (χ0) is 10.2. The first kappa shape index (κ1) is 14.6.